The first kappa shape index (κ1) is 19.3. The predicted octanol–water partition coefficient (Wildman–Crippen LogP) is 2.42. The van der Waals surface area contributed by atoms with Gasteiger partial charge in [-0.05, 0) is 13.0 Å². The molecule has 1 unspecified atom stereocenters. The van der Waals surface area contributed by atoms with Gasteiger partial charge in [-0.25, -0.2) is 8.78 Å². The predicted molar refractivity (Wildman–Crippen MR) is 69.3 cm³/mol. The van der Waals surface area contributed by atoms with Crippen LogP contribution in [-0.4, -0.2) is 25.9 Å². The monoisotopic (exact) mass is 263 g/mol. The van der Waals surface area contributed by atoms with Crippen molar-refractivity contribution >= 4 is 0 Å². The molecular weight excluding hydrogens is 240 g/mol. The maximum atomic E-state index is 13.3. The minimum Gasteiger partial charge on any atom is -0.400 e. The smallest absolute Gasteiger partial charge is 0.131 e. The first-order chi connectivity index (χ1) is 8.47. The summed E-state index contributed by atoms with van der Waals surface area (Å²) < 4.78 is 30.8. The van der Waals surface area contributed by atoms with Crippen molar-refractivity contribution < 1.29 is 18.6 Å². The molecule has 5 heteroatoms. The molecule has 1 aromatic carbocycles. The number of aliphatic hydroxyl groups excluding tert-OH is 1. The van der Waals surface area contributed by atoms with Gasteiger partial charge in [-0.3, -0.25) is 0 Å². The number of ether oxygens (including phenoxy) is 1. The molecule has 0 aliphatic carbocycles. The Labute approximate surface area is 108 Å². The van der Waals surface area contributed by atoms with Crippen molar-refractivity contribution in [3.8, 4) is 0 Å². The Morgan fingerprint density at radius 1 is 1.28 bits per heavy atom. The third-order valence-electron chi connectivity index (χ3n) is 1.99. The van der Waals surface area contributed by atoms with E-state index in [0.29, 0.717) is 0 Å². The summed E-state index contributed by atoms with van der Waals surface area (Å²) in [6.07, 6.45) is 0. The summed E-state index contributed by atoms with van der Waals surface area (Å²) in [7, 11) is 2.48. The summed E-state index contributed by atoms with van der Waals surface area (Å²) in [5.74, 6) is -1.26. The van der Waals surface area contributed by atoms with Crippen molar-refractivity contribution in [2.45, 2.75) is 26.3 Å². The van der Waals surface area contributed by atoms with Gasteiger partial charge < -0.3 is 15.6 Å². The molecular formula is C13H23F2NO2. The summed E-state index contributed by atoms with van der Waals surface area (Å²) >= 11 is 0. The summed E-state index contributed by atoms with van der Waals surface area (Å²) in [5, 5.41) is 7.00. The van der Waals surface area contributed by atoms with Gasteiger partial charge in [-0.1, -0.05) is 19.9 Å². The van der Waals surface area contributed by atoms with Crippen LogP contribution in [0.4, 0.5) is 8.78 Å². The number of aliphatic hydroxyl groups is 1. The normalized spacial score (nSPS) is 12.5. The lowest BCUT2D eigenvalue weighted by molar-refractivity contribution is 0.139. The van der Waals surface area contributed by atoms with Crippen LogP contribution in [0.25, 0.3) is 0 Å². The molecule has 0 bridgehead atoms. The number of hydrogen-bond donors (Lipinski definition) is 2. The Bertz CT molecular complexity index is 331. The van der Waals surface area contributed by atoms with Gasteiger partial charge in [-0.2, -0.15) is 0 Å². The second-order valence-corrected chi connectivity index (χ2v) is 3.47. The fraction of sp³-hybridized carbons (Fsp3) is 0.538. The minimum absolute atomic E-state index is 0.176. The molecule has 3 nitrogen and oxygen atoms in total. The largest absolute Gasteiger partial charge is 0.400 e. The Kier molecular flexibility index (Phi) is 10.7. The minimum atomic E-state index is -0.938. The molecule has 18 heavy (non-hydrogen) atoms. The molecule has 0 aliphatic heterocycles. The maximum absolute atomic E-state index is 13.3. The van der Waals surface area contributed by atoms with Crippen molar-refractivity contribution in [2.24, 2.45) is 5.73 Å². The molecule has 0 radical (unpaired) electrons. The number of nitrogens with two attached hydrogens (primary N) is 1. The molecule has 0 spiro atoms. The summed E-state index contributed by atoms with van der Waals surface area (Å²) in [6.45, 7) is 5.81. The fourth-order valence-electron chi connectivity index (χ4n) is 1.33. The highest BCUT2D eigenvalue weighted by Gasteiger charge is 2.24. The maximum Gasteiger partial charge on any atom is 0.131 e. The lowest BCUT2D eigenvalue weighted by atomic mass is 9.93. The molecule has 1 rings (SSSR count). The fourth-order valence-corrected chi connectivity index (χ4v) is 1.33. The zero-order valence-corrected chi connectivity index (χ0v) is 11.6. The molecule has 1 aromatic rings. The average Bonchev–Trinajstić information content (AvgIpc) is 2.33. The quantitative estimate of drug-likeness (QED) is 0.880. The van der Waals surface area contributed by atoms with Gasteiger partial charge in [0.25, 0.3) is 0 Å². The van der Waals surface area contributed by atoms with Crippen LogP contribution in [0.15, 0.2) is 18.2 Å². The second-order valence-electron chi connectivity index (χ2n) is 3.47. The van der Waals surface area contributed by atoms with E-state index in [1.165, 1.54) is 19.2 Å². The Morgan fingerprint density at radius 3 is 2.17 bits per heavy atom. The number of rotatable bonds is 3. The third-order valence-corrected chi connectivity index (χ3v) is 1.99. The van der Waals surface area contributed by atoms with Gasteiger partial charge in [0.1, 0.15) is 11.6 Å². The van der Waals surface area contributed by atoms with Gasteiger partial charge in [0.15, 0.2) is 0 Å². The van der Waals surface area contributed by atoms with Crippen LogP contribution in [0, 0.1) is 11.6 Å². The van der Waals surface area contributed by atoms with E-state index in [2.05, 4.69) is 0 Å². The van der Waals surface area contributed by atoms with Gasteiger partial charge >= 0.3 is 0 Å². The highest BCUT2D eigenvalue weighted by Crippen LogP contribution is 2.21. The summed E-state index contributed by atoms with van der Waals surface area (Å²) in [5.41, 5.74) is 5.12. The molecule has 0 saturated carbocycles. The second kappa shape index (κ2) is 9.94. The van der Waals surface area contributed by atoms with Gasteiger partial charge in [0, 0.05) is 25.8 Å². The third kappa shape index (κ3) is 6.05. The SMILES string of the molecule is CC.CO.COCC(C)(N)c1ccc(F)cc1F. The van der Waals surface area contributed by atoms with E-state index in [-0.39, 0.29) is 12.2 Å². The van der Waals surface area contributed by atoms with E-state index in [1.807, 2.05) is 13.8 Å². The molecule has 3 N–H and O–H groups in total. The number of hydrogen-bond acceptors (Lipinski definition) is 3. The highest BCUT2D eigenvalue weighted by atomic mass is 19.1. The number of methoxy groups -OCH3 is 1. The van der Waals surface area contributed by atoms with E-state index in [9.17, 15) is 8.78 Å². The molecule has 0 aromatic heterocycles. The van der Waals surface area contributed by atoms with E-state index >= 15 is 0 Å². The van der Waals surface area contributed by atoms with Gasteiger partial charge in [-0.15, -0.1) is 0 Å². The standard InChI is InChI=1S/C10H13F2NO.C2H6.CH4O/c1-10(13,6-14-2)8-4-3-7(11)5-9(8)12;2*1-2/h3-5H,6,13H2,1-2H3;1-2H3;2H,1H3. The van der Waals surface area contributed by atoms with Crippen LogP contribution < -0.4 is 5.73 Å². The summed E-state index contributed by atoms with van der Waals surface area (Å²) in [4.78, 5) is 0. The summed E-state index contributed by atoms with van der Waals surface area (Å²) in [6, 6.07) is 3.33. The van der Waals surface area contributed by atoms with E-state index in [0.717, 1.165) is 13.2 Å². The van der Waals surface area contributed by atoms with Crippen molar-refractivity contribution in [2.75, 3.05) is 20.8 Å². The topological polar surface area (TPSA) is 55.5 Å². The molecule has 106 valence electrons. The molecule has 0 amide bonds. The van der Waals surface area contributed by atoms with Crippen molar-refractivity contribution in [3.05, 3.63) is 35.4 Å². The lowest BCUT2D eigenvalue weighted by Crippen LogP contribution is -2.38. The lowest BCUT2D eigenvalue weighted by Gasteiger charge is -2.24. The molecule has 0 saturated heterocycles. The first-order valence-corrected chi connectivity index (χ1v) is 5.65. The van der Waals surface area contributed by atoms with Crippen LogP contribution in [0.5, 0.6) is 0 Å². The Hall–Kier alpha value is -1.04. The van der Waals surface area contributed by atoms with Crippen LogP contribution in [0.2, 0.25) is 0 Å². The van der Waals surface area contributed by atoms with E-state index in [4.69, 9.17) is 15.6 Å². The van der Waals surface area contributed by atoms with Crippen LogP contribution in [0.3, 0.4) is 0 Å². The van der Waals surface area contributed by atoms with Crippen molar-refractivity contribution in [1.29, 1.82) is 0 Å². The number of halogens is 2. The molecule has 0 aliphatic rings. The molecule has 0 heterocycles. The van der Waals surface area contributed by atoms with Crippen LogP contribution in [-0.2, 0) is 10.3 Å². The van der Waals surface area contributed by atoms with E-state index < -0.39 is 17.2 Å². The number of benzene rings is 1. The molecule has 1 atom stereocenters. The zero-order valence-electron chi connectivity index (χ0n) is 11.6. The average molecular weight is 263 g/mol. The Balaban J connectivity index is 0. The Morgan fingerprint density at radius 2 is 1.78 bits per heavy atom. The zero-order chi connectivity index (χ0) is 14.8. The first-order valence-electron chi connectivity index (χ1n) is 5.65. The van der Waals surface area contributed by atoms with Gasteiger partial charge in [0.05, 0.1) is 12.1 Å². The van der Waals surface area contributed by atoms with Crippen LogP contribution >= 0.6 is 0 Å². The van der Waals surface area contributed by atoms with Crippen molar-refractivity contribution in [1.82, 2.24) is 0 Å². The highest BCUT2D eigenvalue weighted by molar-refractivity contribution is 5.25. The van der Waals surface area contributed by atoms with Gasteiger partial charge in [0.2, 0.25) is 0 Å². The molecule has 0 fully saturated rings. The van der Waals surface area contributed by atoms with Crippen LogP contribution in [0.1, 0.15) is 26.3 Å². The van der Waals surface area contributed by atoms with Crippen molar-refractivity contribution in [3.63, 3.8) is 0 Å². The van der Waals surface area contributed by atoms with E-state index in [1.54, 1.807) is 6.92 Å².